The molecule has 0 aliphatic carbocycles. The summed E-state index contributed by atoms with van der Waals surface area (Å²) in [6.07, 6.45) is 7.47. The Balaban J connectivity index is 1.45. The van der Waals surface area contributed by atoms with Gasteiger partial charge in [0.15, 0.2) is 12.0 Å². The van der Waals surface area contributed by atoms with Crippen LogP contribution in [0.1, 0.15) is 37.2 Å². The summed E-state index contributed by atoms with van der Waals surface area (Å²) in [5, 5.41) is 32.8. The summed E-state index contributed by atoms with van der Waals surface area (Å²) in [6.45, 7) is 4.45. The van der Waals surface area contributed by atoms with Crippen LogP contribution in [0.2, 0.25) is 0 Å². The van der Waals surface area contributed by atoms with Crippen molar-refractivity contribution in [1.29, 1.82) is 5.26 Å². The highest BCUT2D eigenvalue weighted by Gasteiger charge is 2.28. The van der Waals surface area contributed by atoms with Crippen LogP contribution in [0.25, 0.3) is 16.8 Å². The summed E-state index contributed by atoms with van der Waals surface area (Å²) < 4.78 is 36.9. The molecule has 0 amide bonds. The van der Waals surface area contributed by atoms with Crippen LogP contribution in [-0.2, 0) is 5.60 Å². The van der Waals surface area contributed by atoms with Crippen LogP contribution in [0.15, 0.2) is 36.8 Å². The molecule has 0 spiro atoms. The molecule has 0 bridgehead atoms. The highest BCUT2D eigenvalue weighted by atomic mass is 19.1. The molecule has 1 aliphatic rings. The molecular formula is C24H24F2N8O2. The van der Waals surface area contributed by atoms with E-state index in [4.69, 9.17) is 10.00 Å². The van der Waals surface area contributed by atoms with Gasteiger partial charge >= 0.3 is 0 Å². The zero-order valence-corrected chi connectivity index (χ0v) is 19.8. The SMILES string of the molecule is Cc1c(-c2cc(OC[C@](C)(O)c3ccc(F)cn3)c3c(F)cnn3c2)nnn1C1CCN(C#N)CC1. The number of ether oxygens (including phenoxy) is 1. The van der Waals surface area contributed by atoms with E-state index < -0.39 is 17.2 Å². The minimum atomic E-state index is -1.56. The van der Waals surface area contributed by atoms with E-state index in [0.717, 1.165) is 30.9 Å². The Bertz CT molecular complexity index is 1430. The Hall–Kier alpha value is -4.11. The molecule has 4 aromatic rings. The number of pyridine rings is 2. The van der Waals surface area contributed by atoms with Gasteiger partial charge in [-0.3, -0.25) is 4.98 Å². The molecule has 1 aliphatic heterocycles. The van der Waals surface area contributed by atoms with Crippen molar-refractivity contribution in [3.05, 3.63) is 59.8 Å². The van der Waals surface area contributed by atoms with Crippen LogP contribution < -0.4 is 4.74 Å². The summed E-state index contributed by atoms with van der Waals surface area (Å²) >= 11 is 0. The van der Waals surface area contributed by atoms with Crippen LogP contribution >= 0.6 is 0 Å². The third-order valence-electron chi connectivity index (χ3n) is 6.47. The zero-order chi connectivity index (χ0) is 25.4. The minimum Gasteiger partial charge on any atom is -0.488 e. The monoisotopic (exact) mass is 494 g/mol. The predicted molar refractivity (Wildman–Crippen MR) is 124 cm³/mol. The van der Waals surface area contributed by atoms with E-state index in [1.54, 1.807) is 17.2 Å². The van der Waals surface area contributed by atoms with Gasteiger partial charge in [0.2, 0.25) is 0 Å². The fraction of sp³-hybridized carbons (Fsp3) is 0.375. The van der Waals surface area contributed by atoms with E-state index >= 15 is 0 Å². The van der Waals surface area contributed by atoms with Crippen LogP contribution in [0.3, 0.4) is 0 Å². The lowest BCUT2D eigenvalue weighted by molar-refractivity contribution is 0.00415. The molecule has 4 aromatic heterocycles. The second kappa shape index (κ2) is 9.16. The Morgan fingerprint density at radius 3 is 2.72 bits per heavy atom. The van der Waals surface area contributed by atoms with Crippen molar-refractivity contribution >= 4 is 5.52 Å². The first kappa shape index (κ1) is 23.6. The molecule has 12 heteroatoms. The smallest absolute Gasteiger partial charge is 0.179 e. The fourth-order valence-electron chi connectivity index (χ4n) is 4.44. The zero-order valence-electron chi connectivity index (χ0n) is 19.8. The average Bonchev–Trinajstić information content (AvgIpc) is 3.45. The largest absolute Gasteiger partial charge is 0.488 e. The van der Waals surface area contributed by atoms with Gasteiger partial charge in [-0.15, -0.1) is 5.10 Å². The maximum atomic E-state index is 14.6. The Morgan fingerprint density at radius 2 is 2.03 bits per heavy atom. The first-order chi connectivity index (χ1) is 17.3. The molecule has 0 radical (unpaired) electrons. The fourth-order valence-corrected chi connectivity index (χ4v) is 4.44. The standard InChI is InChI=1S/C24H24F2N8O2/c1-15-22(30-31-34(15)18-5-7-32(14-27)8-6-18)16-9-20(23-19(26)11-29-33(23)12-16)36-13-24(2,35)21-4-3-17(25)10-28-21/h3-4,9-12,18,35H,5-8,13H2,1-2H3/t24-/m0/s1. The molecule has 0 saturated carbocycles. The van der Waals surface area contributed by atoms with Crippen molar-refractivity contribution in [2.75, 3.05) is 19.7 Å². The number of aliphatic hydroxyl groups is 1. The van der Waals surface area contributed by atoms with Crippen molar-refractivity contribution in [2.24, 2.45) is 0 Å². The maximum Gasteiger partial charge on any atom is 0.179 e. The second-order valence-corrected chi connectivity index (χ2v) is 9.09. The number of hydrogen-bond acceptors (Lipinski definition) is 8. The molecule has 0 unspecified atom stereocenters. The molecule has 1 saturated heterocycles. The summed E-state index contributed by atoms with van der Waals surface area (Å²) in [4.78, 5) is 5.65. The van der Waals surface area contributed by atoms with E-state index in [9.17, 15) is 13.9 Å². The van der Waals surface area contributed by atoms with E-state index in [0.29, 0.717) is 24.3 Å². The molecule has 1 atom stereocenters. The van der Waals surface area contributed by atoms with Crippen molar-refractivity contribution < 1.29 is 18.6 Å². The number of nitriles is 1. The molecule has 0 aromatic carbocycles. The number of nitrogens with zero attached hydrogens (tertiary/aromatic N) is 8. The van der Waals surface area contributed by atoms with Gasteiger partial charge in [0.05, 0.1) is 29.8 Å². The number of likely N-dealkylation sites (tertiary alicyclic amines) is 1. The topological polar surface area (TPSA) is 117 Å². The van der Waals surface area contributed by atoms with Gasteiger partial charge in [-0.25, -0.2) is 18.0 Å². The third kappa shape index (κ3) is 4.33. The maximum absolute atomic E-state index is 14.6. The van der Waals surface area contributed by atoms with E-state index in [1.165, 1.54) is 23.6 Å². The number of piperidine rings is 1. The first-order valence-corrected chi connectivity index (χ1v) is 11.5. The molecule has 10 nitrogen and oxygen atoms in total. The van der Waals surface area contributed by atoms with Gasteiger partial charge in [0.1, 0.15) is 35.0 Å². The molecule has 36 heavy (non-hydrogen) atoms. The van der Waals surface area contributed by atoms with Gasteiger partial charge in [-0.2, -0.15) is 10.4 Å². The predicted octanol–water partition coefficient (Wildman–Crippen LogP) is 2.98. The third-order valence-corrected chi connectivity index (χ3v) is 6.47. The highest BCUT2D eigenvalue weighted by molar-refractivity contribution is 5.70. The first-order valence-electron chi connectivity index (χ1n) is 11.5. The van der Waals surface area contributed by atoms with E-state index in [1.807, 2.05) is 11.6 Å². The van der Waals surface area contributed by atoms with Gasteiger partial charge in [-0.05, 0) is 44.9 Å². The molecule has 5 rings (SSSR count). The van der Waals surface area contributed by atoms with Gasteiger partial charge < -0.3 is 14.7 Å². The van der Waals surface area contributed by atoms with Crippen molar-refractivity contribution in [1.82, 2.24) is 34.5 Å². The number of fused-ring (bicyclic) bond motifs is 1. The summed E-state index contributed by atoms with van der Waals surface area (Å²) in [5.41, 5.74) is 0.785. The normalized spacial score (nSPS) is 16.2. The van der Waals surface area contributed by atoms with Crippen LogP contribution in [-0.4, -0.2) is 59.3 Å². The summed E-state index contributed by atoms with van der Waals surface area (Å²) in [5.74, 6) is -0.952. The van der Waals surface area contributed by atoms with E-state index in [-0.39, 0.29) is 29.6 Å². The van der Waals surface area contributed by atoms with E-state index in [2.05, 4.69) is 26.6 Å². The van der Waals surface area contributed by atoms with Crippen molar-refractivity contribution in [2.45, 2.75) is 38.3 Å². The summed E-state index contributed by atoms with van der Waals surface area (Å²) in [6, 6.07) is 4.32. The number of rotatable bonds is 6. The lowest BCUT2D eigenvalue weighted by Gasteiger charge is -2.28. The Kier molecular flexibility index (Phi) is 6.01. The van der Waals surface area contributed by atoms with Crippen molar-refractivity contribution in [3.8, 4) is 23.2 Å². The second-order valence-electron chi connectivity index (χ2n) is 9.09. The lowest BCUT2D eigenvalue weighted by atomic mass is 10.0. The van der Waals surface area contributed by atoms with Crippen LogP contribution in [0, 0.1) is 30.0 Å². The van der Waals surface area contributed by atoms with Crippen LogP contribution in [0.4, 0.5) is 8.78 Å². The minimum absolute atomic E-state index is 0.107. The van der Waals surface area contributed by atoms with Gasteiger partial charge in [-0.1, -0.05) is 5.21 Å². The molecule has 1 N–H and O–H groups in total. The average molecular weight is 495 g/mol. The van der Waals surface area contributed by atoms with Gasteiger partial charge in [0, 0.05) is 24.8 Å². The van der Waals surface area contributed by atoms with Crippen LogP contribution in [0.5, 0.6) is 5.75 Å². The van der Waals surface area contributed by atoms with Crippen molar-refractivity contribution in [3.63, 3.8) is 0 Å². The molecule has 186 valence electrons. The lowest BCUT2D eigenvalue weighted by Crippen LogP contribution is -2.31. The Morgan fingerprint density at radius 1 is 1.25 bits per heavy atom. The molecule has 1 fully saturated rings. The highest BCUT2D eigenvalue weighted by Crippen LogP contribution is 2.33. The molecule has 5 heterocycles. The summed E-state index contributed by atoms with van der Waals surface area (Å²) in [7, 11) is 0. The number of hydrogen-bond donors (Lipinski definition) is 1. The quantitative estimate of drug-likeness (QED) is 0.407. The molecular weight excluding hydrogens is 470 g/mol. The number of halogens is 2. The number of aromatic nitrogens is 6. The Labute approximate surface area is 205 Å². The van der Waals surface area contributed by atoms with Gasteiger partial charge in [0.25, 0.3) is 0 Å².